The molecule has 1 fully saturated rings. The lowest BCUT2D eigenvalue weighted by atomic mass is 9.93. The minimum Gasteiger partial charge on any atom is -0.480 e. The van der Waals surface area contributed by atoms with Crippen LogP contribution in [0.1, 0.15) is 60.5 Å². The zero-order valence-electron chi connectivity index (χ0n) is 20.3. The highest BCUT2D eigenvalue weighted by Gasteiger charge is 2.27. The number of carbonyl (C=O) groups is 2. The van der Waals surface area contributed by atoms with Gasteiger partial charge < -0.3 is 9.64 Å². The molecule has 1 amide bonds. The van der Waals surface area contributed by atoms with E-state index in [9.17, 15) is 27.7 Å². The first kappa shape index (κ1) is 27.1. The van der Waals surface area contributed by atoms with Crippen LogP contribution in [0.5, 0.6) is 5.88 Å². The first-order valence-corrected chi connectivity index (χ1v) is 13.4. The minimum absolute atomic E-state index is 0.0416. The van der Waals surface area contributed by atoms with Crippen LogP contribution in [0.2, 0.25) is 0 Å². The number of ether oxygens (including phenoxy) is 1. The van der Waals surface area contributed by atoms with Crippen molar-refractivity contribution >= 4 is 27.5 Å². The maximum atomic E-state index is 13.0. The van der Waals surface area contributed by atoms with E-state index < -0.39 is 27.5 Å². The Balaban J connectivity index is 1.60. The van der Waals surface area contributed by atoms with Crippen LogP contribution < -0.4 is 14.4 Å². The number of halogens is 1. The average molecular weight is 517 g/mol. The van der Waals surface area contributed by atoms with Crippen LogP contribution in [-0.2, 0) is 20.6 Å². The number of carbonyl (C=O) groups excluding carboxylic acids is 2. The Morgan fingerprint density at radius 3 is 2.50 bits per heavy atom. The number of nitrogens with one attached hydrogen (secondary N) is 1. The largest absolute Gasteiger partial charge is 0.480 e. The minimum atomic E-state index is -3.90. The van der Waals surface area contributed by atoms with E-state index in [1.807, 2.05) is 11.8 Å². The molecular weight excluding hydrogens is 487 g/mol. The molecule has 1 N–H and O–H groups in total. The van der Waals surface area contributed by atoms with Crippen LogP contribution in [0.4, 0.5) is 10.2 Å². The van der Waals surface area contributed by atoms with Gasteiger partial charge in [-0.2, -0.15) is 10.2 Å². The summed E-state index contributed by atoms with van der Waals surface area (Å²) in [6.07, 6.45) is 2.23. The Morgan fingerprint density at radius 2 is 1.92 bits per heavy atom. The monoisotopic (exact) mass is 516 g/mol. The highest BCUT2D eigenvalue weighted by atomic mass is 32.2. The van der Waals surface area contributed by atoms with Gasteiger partial charge in [0.2, 0.25) is 21.8 Å². The van der Waals surface area contributed by atoms with Gasteiger partial charge in [0.15, 0.2) is 11.6 Å². The third-order valence-corrected chi connectivity index (χ3v) is 7.24. The summed E-state index contributed by atoms with van der Waals surface area (Å²) in [5.41, 5.74) is 0.940. The van der Waals surface area contributed by atoms with Gasteiger partial charge in [-0.3, -0.25) is 14.3 Å². The van der Waals surface area contributed by atoms with Crippen molar-refractivity contribution in [3.63, 3.8) is 0 Å². The van der Waals surface area contributed by atoms with Crippen LogP contribution in [0.3, 0.4) is 0 Å². The highest BCUT2D eigenvalue weighted by molar-refractivity contribution is 7.89. The zero-order valence-corrected chi connectivity index (χ0v) is 21.1. The molecule has 1 aromatic carbocycles. The van der Waals surface area contributed by atoms with Crippen molar-refractivity contribution in [1.29, 1.82) is 5.26 Å². The van der Waals surface area contributed by atoms with Gasteiger partial charge >= 0.3 is 0 Å². The molecule has 192 valence electrons. The molecule has 2 aromatic rings. The zero-order chi connectivity index (χ0) is 26.3. The molecule has 1 saturated heterocycles. The van der Waals surface area contributed by atoms with E-state index in [-0.39, 0.29) is 35.1 Å². The van der Waals surface area contributed by atoms with Gasteiger partial charge in [0.25, 0.3) is 0 Å². The molecule has 0 aliphatic carbocycles. The van der Waals surface area contributed by atoms with Gasteiger partial charge in [-0.1, -0.05) is 19.1 Å². The molecule has 1 aliphatic rings. The molecule has 0 radical (unpaired) electrons. The fourth-order valence-electron chi connectivity index (χ4n) is 4.19. The van der Waals surface area contributed by atoms with Gasteiger partial charge in [0.05, 0.1) is 24.0 Å². The van der Waals surface area contributed by atoms with Crippen LogP contribution in [-0.4, -0.2) is 45.3 Å². The highest BCUT2D eigenvalue weighted by Crippen LogP contribution is 2.30. The van der Waals surface area contributed by atoms with Crippen LogP contribution in [0, 0.1) is 23.1 Å². The number of nitriles is 1. The molecule has 3 rings (SSSR count). The van der Waals surface area contributed by atoms with E-state index in [1.54, 1.807) is 0 Å². The predicted molar refractivity (Wildman–Crippen MR) is 131 cm³/mol. The third-order valence-electron chi connectivity index (χ3n) is 5.99. The van der Waals surface area contributed by atoms with Gasteiger partial charge in [-0.25, -0.2) is 12.8 Å². The number of methoxy groups -OCH3 is 1. The second kappa shape index (κ2) is 11.9. The number of nitrogens with zero attached hydrogens (tertiary/aromatic N) is 3. The topological polar surface area (TPSA) is 129 Å². The molecule has 1 aliphatic heterocycles. The number of pyridine rings is 1. The van der Waals surface area contributed by atoms with Crippen molar-refractivity contribution in [3.05, 3.63) is 52.8 Å². The summed E-state index contributed by atoms with van der Waals surface area (Å²) < 4.78 is 45.1. The molecule has 0 spiro atoms. The fourth-order valence-corrected chi connectivity index (χ4v) is 5.32. The molecule has 36 heavy (non-hydrogen) atoms. The molecule has 9 nitrogen and oxygen atoms in total. The molecule has 0 unspecified atom stereocenters. The number of hydrogen-bond acceptors (Lipinski definition) is 8. The smallest absolute Gasteiger partial charge is 0.239 e. The molecule has 0 bridgehead atoms. The number of anilines is 1. The molecular formula is C25H29FN4O5S. The number of piperidine rings is 1. The van der Waals surface area contributed by atoms with Gasteiger partial charge in [-0.05, 0) is 48.9 Å². The first-order chi connectivity index (χ1) is 17.2. The normalized spacial score (nSPS) is 14.2. The second-order valence-corrected chi connectivity index (χ2v) is 10.5. The number of sulfonamides is 1. The van der Waals surface area contributed by atoms with Gasteiger partial charge in [-0.15, -0.1) is 0 Å². The fraction of sp³-hybridized carbons (Fsp3) is 0.440. The lowest BCUT2D eigenvalue weighted by Crippen LogP contribution is -2.38. The van der Waals surface area contributed by atoms with E-state index in [1.165, 1.54) is 37.4 Å². The van der Waals surface area contributed by atoms with E-state index in [4.69, 9.17) is 4.74 Å². The van der Waals surface area contributed by atoms with E-state index in [0.717, 1.165) is 0 Å². The summed E-state index contributed by atoms with van der Waals surface area (Å²) in [5.74, 6) is -1.06. The summed E-state index contributed by atoms with van der Waals surface area (Å²) >= 11 is 0. The lowest BCUT2D eigenvalue weighted by Gasteiger charge is -2.33. The predicted octanol–water partition coefficient (Wildman–Crippen LogP) is 3.34. The lowest BCUT2D eigenvalue weighted by molar-refractivity contribution is -0.120. The molecule has 0 atom stereocenters. The Bertz CT molecular complexity index is 1250. The first-order valence-electron chi connectivity index (χ1n) is 11.7. The van der Waals surface area contributed by atoms with Crippen molar-refractivity contribution in [2.24, 2.45) is 5.92 Å². The Morgan fingerprint density at radius 1 is 1.25 bits per heavy atom. The quantitative estimate of drug-likeness (QED) is 0.476. The van der Waals surface area contributed by atoms with E-state index in [2.05, 4.69) is 15.8 Å². The summed E-state index contributed by atoms with van der Waals surface area (Å²) in [7, 11) is -2.48. The molecule has 2 heterocycles. The molecule has 1 aromatic heterocycles. The number of amides is 1. The maximum absolute atomic E-state index is 13.0. The summed E-state index contributed by atoms with van der Waals surface area (Å²) in [4.78, 5) is 31.2. The van der Waals surface area contributed by atoms with Crippen molar-refractivity contribution in [1.82, 2.24) is 9.71 Å². The Labute approximate surface area is 210 Å². The number of hydrogen-bond donors (Lipinski definition) is 1. The van der Waals surface area contributed by atoms with Crippen molar-refractivity contribution in [3.8, 4) is 11.9 Å². The molecule has 11 heteroatoms. The second-order valence-electron chi connectivity index (χ2n) is 8.75. The Hall–Kier alpha value is -3.52. The van der Waals surface area contributed by atoms with Crippen molar-refractivity contribution in [2.45, 2.75) is 44.8 Å². The Kier molecular flexibility index (Phi) is 8.98. The summed E-state index contributed by atoms with van der Waals surface area (Å²) in [6.45, 7) is 2.91. The van der Waals surface area contributed by atoms with E-state index >= 15 is 0 Å². The van der Waals surface area contributed by atoms with Crippen LogP contribution >= 0.6 is 0 Å². The SMILES string of the molecule is CCCC(=O)c1cc(C#N)c(N2CCC(CC(=O)NS(=O)(=O)Cc3ccc(F)cc3)CC2)nc1OC. The molecule has 0 saturated carbocycles. The van der Waals surface area contributed by atoms with E-state index in [0.29, 0.717) is 50.2 Å². The van der Waals surface area contributed by atoms with Crippen molar-refractivity contribution in [2.75, 3.05) is 25.1 Å². The number of Topliss-reactive ketones (excluding diaryl/α,β-unsaturated/α-hetero) is 1. The van der Waals surface area contributed by atoms with Crippen LogP contribution in [0.15, 0.2) is 30.3 Å². The van der Waals surface area contributed by atoms with Gasteiger partial charge in [0, 0.05) is 25.9 Å². The third kappa shape index (κ3) is 7.01. The van der Waals surface area contributed by atoms with Crippen LogP contribution in [0.25, 0.3) is 0 Å². The number of aromatic nitrogens is 1. The summed E-state index contributed by atoms with van der Waals surface area (Å²) in [5, 5.41) is 9.65. The average Bonchev–Trinajstić information content (AvgIpc) is 2.84. The standard InChI is InChI=1S/C25H29FN4O5S/c1-3-4-22(31)21-14-19(15-27)24(28-25(21)35-2)30-11-9-17(10-12-30)13-23(32)29-36(33,34)16-18-5-7-20(26)8-6-18/h5-8,14,17H,3-4,9-13,16H2,1-2H3,(H,29,32). The van der Waals surface area contributed by atoms with Gasteiger partial charge in [0.1, 0.15) is 11.9 Å². The van der Waals surface area contributed by atoms with Crippen molar-refractivity contribution < 1.29 is 27.1 Å². The maximum Gasteiger partial charge on any atom is 0.239 e. The number of ketones is 1. The summed E-state index contributed by atoms with van der Waals surface area (Å²) in [6, 6.07) is 8.68. The number of benzene rings is 1. The number of rotatable bonds is 10.